The number of aliphatic imine (C=N–C) groups is 1. The Labute approximate surface area is 153 Å². The first kappa shape index (κ1) is 17.4. The molecule has 0 saturated carbocycles. The molecule has 2 heterocycles. The van der Waals surface area contributed by atoms with E-state index in [9.17, 15) is 15.5 Å². The Morgan fingerprint density at radius 3 is 2.63 bits per heavy atom. The van der Waals surface area contributed by atoms with E-state index < -0.39 is 6.04 Å². The lowest BCUT2D eigenvalue weighted by Crippen LogP contribution is -2.32. The zero-order valence-corrected chi connectivity index (χ0v) is 14.0. The van der Waals surface area contributed by atoms with Gasteiger partial charge in [0.15, 0.2) is 17.7 Å². The maximum Gasteiger partial charge on any atom is 0.211 e. The lowest BCUT2D eigenvalue weighted by molar-refractivity contribution is 0.368. The Morgan fingerprint density at radius 2 is 2.00 bits per heavy atom. The van der Waals surface area contributed by atoms with Crippen molar-refractivity contribution in [3.05, 3.63) is 28.8 Å². The van der Waals surface area contributed by atoms with Crippen LogP contribution in [0.5, 0.6) is 17.2 Å². The molecular formula is C16H14N8O3. The van der Waals surface area contributed by atoms with Gasteiger partial charge in [-0.3, -0.25) is 5.32 Å². The number of rotatable bonds is 2. The number of nitrogen functional groups attached to an aromatic ring is 2. The van der Waals surface area contributed by atoms with Crippen LogP contribution in [-0.2, 0) is 0 Å². The van der Waals surface area contributed by atoms with Crippen LogP contribution in [0, 0.1) is 22.8 Å². The van der Waals surface area contributed by atoms with Gasteiger partial charge in [-0.1, -0.05) is 0 Å². The van der Waals surface area contributed by atoms with Crippen LogP contribution in [0.2, 0.25) is 0 Å². The van der Waals surface area contributed by atoms with Crippen molar-refractivity contribution >= 4 is 23.3 Å². The lowest BCUT2D eigenvalue weighted by Gasteiger charge is -2.26. The van der Waals surface area contributed by atoms with Gasteiger partial charge in [0.2, 0.25) is 5.96 Å². The third-order valence-corrected chi connectivity index (χ3v) is 3.98. The standard InChI is InChI=1S/C16H14N8O3/c1-27-10-2-6(8(25)3-9(10)26)13-11-12(19)7(4-17)14(20)23-15(11)24-16(22-13)21-5-18/h2-3,13,25-26H,1H3,(H6,19,20,21,22,23,24). The van der Waals surface area contributed by atoms with Gasteiger partial charge in [0.05, 0.1) is 12.8 Å². The van der Waals surface area contributed by atoms with E-state index in [1.54, 1.807) is 6.19 Å². The summed E-state index contributed by atoms with van der Waals surface area (Å²) in [5.41, 5.74) is 12.4. The molecule has 1 unspecified atom stereocenters. The fourth-order valence-electron chi connectivity index (χ4n) is 2.76. The van der Waals surface area contributed by atoms with Gasteiger partial charge in [0, 0.05) is 17.2 Å². The van der Waals surface area contributed by atoms with Crippen molar-refractivity contribution in [3.63, 3.8) is 0 Å². The average Bonchev–Trinajstić information content (AvgIpc) is 2.61. The highest BCUT2D eigenvalue weighted by Gasteiger charge is 2.31. The molecule has 0 fully saturated rings. The summed E-state index contributed by atoms with van der Waals surface area (Å²) in [6.07, 6.45) is 1.73. The molecular weight excluding hydrogens is 352 g/mol. The number of methoxy groups -OCH3 is 1. The summed E-state index contributed by atoms with van der Waals surface area (Å²) in [4.78, 5) is 8.43. The first-order valence-corrected chi connectivity index (χ1v) is 7.50. The SMILES string of the molecule is COc1cc(C2N=C(NC#N)Nc3nc(N)c(C#N)c(N)c32)c(O)cc1O. The van der Waals surface area contributed by atoms with Crippen molar-refractivity contribution in [2.45, 2.75) is 6.04 Å². The topological polar surface area (TPSA) is 199 Å². The number of pyridine rings is 1. The highest BCUT2D eigenvalue weighted by atomic mass is 16.5. The van der Waals surface area contributed by atoms with Crippen molar-refractivity contribution in [1.29, 1.82) is 10.5 Å². The Balaban J connectivity index is 2.30. The molecule has 1 aromatic heterocycles. The summed E-state index contributed by atoms with van der Waals surface area (Å²) in [7, 11) is 1.35. The number of hydrogen-bond donors (Lipinski definition) is 6. The lowest BCUT2D eigenvalue weighted by atomic mass is 9.94. The summed E-state index contributed by atoms with van der Waals surface area (Å²) in [6.45, 7) is 0. The second-order valence-corrected chi connectivity index (χ2v) is 5.48. The summed E-state index contributed by atoms with van der Waals surface area (Å²) in [5, 5.41) is 43.5. The monoisotopic (exact) mass is 366 g/mol. The minimum absolute atomic E-state index is 0.0299. The number of nitrogens with one attached hydrogen (secondary N) is 2. The molecule has 0 amide bonds. The number of nitrogens with two attached hydrogens (primary N) is 2. The molecule has 11 nitrogen and oxygen atoms in total. The van der Waals surface area contributed by atoms with Crippen molar-refractivity contribution in [1.82, 2.24) is 10.3 Å². The number of phenols is 2. The molecule has 11 heteroatoms. The van der Waals surface area contributed by atoms with E-state index in [0.29, 0.717) is 0 Å². The van der Waals surface area contributed by atoms with Crippen molar-refractivity contribution < 1.29 is 14.9 Å². The second kappa shape index (κ2) is 6.50. The quantitative estimate of drug-likeness (QED) is 0.321. The molecule has 1 aliphatic rings. The van der Waals surface area contributed by atoms with Crippen LogP contribution in [0.15, 0.2) is 17.1 Å². The number of guanidine groups is 1. The highest BCUT2D eigenvalue weighted by molar-refractivity contribution is 5.98. The summed E-state index contributed by atoms with van der Waals surface area (Å²) in [6, 6.07) is 3.40. The van der Waals surface area contributed by atoms with Gasteiger partial charge < -0.3 is 31.7 Å². The van der Waals surface area contributed by atoms with Gasteiger partial charge >= 0.3 is 0 Å². The fourth-order valence-corrected chi connectivity index (χ4v) is 2.76. The Kier molecular flexibility index (Phi) is 4.20. The van der Waals surface area contributed by atoms with E-state index in [1.165, 1.54) is 13.2 Å². The molecule has 1 atom stereocenters. The second-order valence-electron chi connectivity index (χ2n) is 5.48. The third kappa shape index (κ3) is 2.79. The fraction of sp³-hybridized carbons (Fsp3) is 0.125. The number of anilines is 3. The molecule has 0 spiro atoms. The van der Waals surface area contributed by atoms with Crippen molar-refractivity contribution in [2.75, 3.05) is 23.9 Å². The number of ether oxygens (including phenoxy) is 1. The smallest absolute Gasteiger partial charge is 0.211 e. The minimum Gasteiger partial charge on any atom is -0.507 e. The zero-order chi connectivity index (χ0) is 19.7. The van der Waals surface area contributed by atoms with E-state index in [2.05, 4.69) is 20.6 Å². The van der Waals surface area contributed by atoms with Crippen LogP contribution in [0.25, 0.3) is 0 Å². The van der Waals surface area contributed by atoms with Crippen LogP contribution < -0.4 is 26.8 Å². The van der Waals surface area contributed by atoms with E-state index in [1.807, 2.05) is 6.07 Å². The number of fused-ring (bicyclic) bond motifs is 1. The first-order valence-electron chi connectivity index (χ1n) is 7.50. The van der Waals surface area contributed by atoms with Gasteiger partial charge in [-0.05, 0) is 6.07 Å². The van der Waals surface area contributed by atoms with Crippen molar-refractivity contribution in [2.24, 2.45) is 4.99 Å². The number of benzene rings is 1. The van der Waals surface area contributed by atoms with Gasteiger partial charge in [0.25, 0.3) is 0 Å². The Morgan fingerprint density at radius 1 is 1.26 bits per heavy atom. The summed E-state index contributed by atoms with van der Waals surface area (Å²) >= 11 is 0. The summed E-state index contributed by atoms with van der Waals surface area (Å²) in [5.74, 6) is -0.346. The molecule has 136 valence electrons. The normalized spacial score (nSPS) is 14.8. The zero-order valence-electron chi connectivity index (χ0n) is 14.0. The number of aromatic nitrogens is 1. The number of nitriles is 2. The van der Waals surface area contributed by atoms with E-state index in [4.69, 9.17) is 21.5 Å². The minimum atomic E-state index is -0.952. The molecule has 0 aliphatic carbocycles. The molecule has 1 aromatic carbocycles. The first-order chi connectivity index (χ1) is 12.9. The molecule has 3 rings (SSSR count). The number of hydrogen-bond acceptors (Lipinski definition) is 11. The van der Waals surface area contributed by atoms with Crippen LogP contribution >= 0.6 is 0 Å². The van der Waals surface area contributed by atoms with Crippen LogP contribution in [0.3, 0.4) is 0 Å². The average molecular weight is 366 g/mol. The molecule has 8 N–H and O–H groups in total. The van der Waals surface area contributed by atoms with E-state index in [-0.39, 0.29) is 57.2 Å². The number of aromatic hydroxyl groups is 2. The van der Waals surface area contributed by atoms with Gasteiger partial charge in [-0.15, -0.1) is 0 Å². The molecule has 0 radical (unpaired) electrons. The third-order valence-electron chi connectivity index (χ3n) is 3.98. The molecule has 0 saturated heterocycles. The highest BCUT2D eigenvalue weighted by Crippen LogP contribution is 2.45. The number of nitrogens with zero attached hydrogens (tertiary/aromatic N) is 4. The summed E-state index contributed by atoms with van der Waals surface area (Å²) < 4.78 is 5.08. The van der Waals surface area contributed by atoms with E-state index >= 15 is 0 Å². The van der Waals surface area contributed by atoms with Crippen molar-refractivity contribution in [3.8, 4) is 29.5 Å². The molecule has 0 bridgehead atoms. The molecule has 2 aromatic rings. The maximum absolute atomic E-state index is 10.3. The number of phenolic OH excluding ortho intramolecular Hbond substituents is 2. The molecule has 1 aliphatic heterocycles. The van der Waals surface area contributed by atoms with Gasteiger partial charge in [-0.2, -0.15) is 10.5 Å². The molecule has 27 heavy (non-hydrogen) atoms. The predicted molar refractivity (Wildman–Crippen MR) is 95.7 cm³/mol. The largest absolute Gasteiger partial charge is 0.507 e. The van der Waals surface area contributed by atoms with Gasteiger partial charge in [0.1, 0.15) is 35.1 Å². The van der Waals surface area contributed by atoms with E-state index in [0.717, 1.165) is 6.07 Å². The van der Waals surface area contributed by atoms with Crippen LogP contribution in [-0.4, -0.2) is 28.3 Å². The van der Waals surface area contributed by atoms with Crippen LogP contribution in [0.1, 0.15) is 22.7 Å². The van der Waals surface area contributed by atoms with Crippen LogP contribution in [0.4, 0.5) is 17.3 Å². The predicted octanol–water partition coefficient (Wildman–Crippen LogP) is 0.479. The van der Waals surface area contributed by atoms with Gasteiger partial charge in [-0.25, -0.2) is 9.98 Å². The maximum atomic E-state index is 10.3. The Hall–Kier alpha value is -4.38. The Bertz CT molecular complexity index is 1050.